The maximum Gasteiger partial charge on any atom is -0.0203 e. The molecule has 0 bridgehead atoms. The van der Waals surface area contributed by atoms with E-state index in [1.165, 1.54) is 32.1 Å². The van der Waals surface area contributed by atoms with Gasteiger partial charge >= 0.3 is 0 Å². The topological polar surface area (TPSA) is 0 Å². The molecule has 0 aromatic heterocycles. The van der Waals surface area contributed by atoms with E-state index in [9.17, 15) is 0 Å². The highest BCUT2D eigenvalue weighted by Crippen LogP contribution is 2.57. The van der Waals surface area contributed by atoms with Crippen LogP contribution in [0.5, 0.6) is 0 Å². The third-order valence-electron chi connectivity index (χ3n) is 5.25. The molecule has 2 rings (SSSR count). The van der Waals surface area contributed by atoms with Gasteiger partial charge in [0.25, 0.3) is 0 Å². The molecule has 86 valence electrons. The fraction of sp³-hybridized carbons (Fsp3) is 0.867. The molecule has 0 heteroatoms. The lowest BCUT2D eigenvalue weighted by molar-refractivity contribution is 0.0904. The highest BCUT2D eigenvalue weighted by atomic mass is 14.5. The van der Waals surface area contributed by atoms with Gasteiger partial charge in [0.2, 0.25) is 0 Å². The molecular weight excluding hydrogens is 180 g/mol. The van der Waals surface area contributed by atoms with E-state index in [-0.39, 0.29) is 0 Å². The van der Waals surface area contributed by atoms with Gasteiger partial charge in [0.1, 0.15) is 0 Å². The molecule has 0 nitrogen and oxygen atoms in total. The van der Waals surface area contributed by atoms with Gasteiger partial charge in [-0.3, -0.25) is 0 Å². The van der Waals surface area contributed by atoms with Crippen LogP contribution in [0.15, 0.2) is 11.6 Å². The number of hydrogen-bond donors (Lipinski definition) is 0. The zero-order chi connectivity index (χ0) is 11.1. The Bertz CT molecular complexity index is 261. The van der Waals surface area contributed by atoms with Gasteiger partial charge in [-0.1, -0.05) is 32.4 Å². The van der Waals surface area contributed by atoms with Crippen LogP contribution in [0.1, 0.15) is 59.8 Å². The molecule has 0 radical (unpaired) electrons. The molecule has 1 saturated carbocycles. The summed E-state index contributed by atoms with van der Waals surface area (Å²) in [7, 11) is 0. The molecule has 0 N–H and O–H groups in total. The molecule has 1 fully saturated rings. The second kappa shape index (κ2) is 3.96. The van der Waals surface area contributed by atoms with Crippen LogP contribution in [0.2, 0.25) is 0 Å². The van der Waals surface area contributed by atoms with Crippen LogP contribution in [-0.2, 0) is 0 Å². The van der Waals surface area contributed by atoms with Crippen molar-refractivity contribution < 1.29 is 0 Å². The summed E-state index contributed by atoms with van der Waals surface area (Å²) in [5.41, 5.74) is 2.30. The molecule has 2 aliphatic carbocycles. The molecule has 15 heavy (non-hydrogen) atoms. The fourth-order valence-corrected chi connectivity index (χ4v) is 4.15. The van der Waals surface area contributed by atoms with Gasteiger partial charge in [-0.05, 0) is 62.2 Å². The van der Waals surface area contributed by atoms with Crippen LogP contribution < -0.4 is 0 Å². The zero-order valence-corrected chi connectivity index (χ0v) is 10.8. The van der Waals surface area contributed by atoms with Crippen molar-refractivity contribution >= 4 is 0 Å². The molecule has 0 aromatic carbocycles. The van der Waals surface area contributed by atoms with Crippen LogP contribution in [0.4, 0.5) is 0 Å². The summed E-state index contributed by atoms with van der Waals surface area (Å²) in [4.78, 5) is 0. The number of rotatable bonds is 1. The smallest absolute Gasteiger partial charge is 0.0203 e. The van der Waals surface area contributed by atoms with Crippen molar-refractivity contribution in [2.75, 3.05) is 0 Å². The lowest BCUT2D eigenvalue weighted by atomic mass is 9.62. The van der Waals surface area contributed by atoms with Crippen LogP contribution in [-0.4, -0.2) is 0 Å². The normalized spacial score (nSPS) is 41.3. The maximum atomic E-state index is 2.53. The van der Waals surface area contributed by atoms with Crippen molar-refractivity contribution in [1.82, 2.24) is 0 Å². The Morgan fingerprint density at radius 3 is 2.60 bits per heavy atom. The molecule has 0 unspecified atom stereocenters. The third kappa shape index (κ3) is 1.77. The van der Waals surface area contributed by atoms with Gasteiger partial charge in [-0.15, -0.1) is 0 Å². The molecule has 0 aromatic rings. The van der Waals surface area contributed by atoms with Gasteiger partial charge in [0.05, 0.1) is 0 Å². The second-order valence-electron chi connectivity index (χ2n) is 6.32. The summed E-state index contributed by atoms with van der Waals surface area (Å²) in [6.45, 7) is 9.65. The Morgan fingerprint density at radius 2 is 2.07 bits per heavy atom. The van der Waals surface area contributed by atoms with Crippen molar-refractivity contribution in [2.24, 2.45) is 23.2 Å². The quantitative estimate of drug-likeness (QED) is 0.540. The number of hydrogen-bond acceptors (Lipinski definition) is 0. The van der Waals surface area contributed by atoms with Crippen LogP contribution in [0.3, 0.4) is 0 Å². The van der Waals surface area contributed by atoms with Gasteiger partial charge in [-0.2, -0.15) is 0 Å². The Kier molecular flexibility index (Phi) is 2.96. The van der Waals surface area contributed by atoms with Crippen molar-refractivity contribution in [3.8, 4) is 0 Å². The van der Waals surface area contributed by atoms with Crippen LogP contribution >= 0.6 is 0 Å². The molecule has 0 amide bonds. The van der Waals surface area contributed by atoms with Crippen molar-refractivity contribution in [3.05, 3.63) is 11.6 Å². The van der Waals surface area contributed by atoms with E-state index in [0.717, 1.165) is 17.8 Å². The average Bonchev–Trinajstić information content (AvgIpc) is 2.50. The van der Waals surface area contributed by atoms with Crippen molar-refractivity contribution in [3.63, 3.8) is 0 Å². The van der Waals surface area contributed by atoms with E-state index in [1.54, 1.807) is 5.57 Å². The monoisotopic (exact) mass is 206 g/mol. The molecule has 0 saturated heterocycles. The van der Waals surface area contributed by atoms with Crippen LogP contribution in [0.25, 0.3) is 0 Å². The van der Waals surface area contributed by atoms with Gasteiger partial charge in [0, 0.05) is 0 Å². The summed E-state index contributed by atoms with van der Waals surface area (Å²) in [5, 5.41) is 0. The molecule has 3 atom stereocenters. The summed E-state index contributed by atoms with van der Waals surface area (Å²) >= 11 is 0. The SMILES string of the molecule is CC1=CC[C@]2(CC1)[C@@H](C(C)C)CC[C@@H]2C. The standard InChI is InChI=1S/C15H26/c1-11(2)14-6-5-13(4)15(14)9-7-12(3)8-10-15/h7,11,13-14H,5-6,8-10H2,1-4H3/t13-,14+,15+/m0/s1. The summed E-state index contributed by atoms with van der Waals surface area (Å²) < 4.78 is 0. The van der Waals surface area contributed by atoms with Crippen molar-refractivity contribution in [2.45, 2.75) is 59.8 Å². The first-order valence-electron chi connectivity index (χ1n) is 6.72. The minimum absolute atomic E-state index is 0.674. The second-order valence-corrected chi connectivity index (χ2v) is 6.32. The summed E-state index contributed by atoms with van der Waals surface area (Å²) in [6, 6.07) is 0. The third-order valence-corrected chi connectivity index (χ3v) is 5.25. The van der Waals surface area contributed by atoms with Crippen LogP contribution in [0, 0.1) is 23.2 Å². The first-order valence-corrected chi connectivity index (χ1v) is 6.72. The lowest BCUT2D eigenvalue weighted by Gasteiger charge is -2.43. The first-order chi connectivity index (χ1) is 7.06. The minimum Gasteiger partial charge on any atom is -0.0850 e. The zero-order valence-electron chi connectivity index (χ0n) is 10.8. The van der Waals surface area contributed by atoms with E-state index in [1.807, 2.05) is 0 Å². The molecular formula is C15H26. The van der Waals surface area contributed by atoms with E-state index < -0.39 is 0 Å². The Hall–Kier alpha value is -0.260. The first kappa shape index (κ1) is 11.2. The Balaban J connectivity index is 2.23. The maximum absolute atomic E-state index is 2.53. The van der Waals surface area contributed by atoms with Gasteiger partial charge in [0.15, 0.2) is 0 Å². The largest absolute Gasteiger partial charge is 0.0850 e. The van der Waals surface area contributed by atoms with E-state index in [2.05, 4.69) is 33.8 Å². The summed E-state index contributed by atoms with van der Waals surface area (Å²) in [6.07, 6.45) is 9.65. The van der Waals surface area contributed by atoms with Crippen molar-refractivity contribution in [1.29, 1.82) is 0 Å². The molecule has 1 spiro atoms. The minimum atomic E-state index is 0.674. The lowest BCUT2D eigenvalue weighted by Crippen LogP contribution is -2.35. The highest BCUT2D eigenvalue weighted by Gasteiger charge is 2.48. The van der Waals surface area contributed by atoms with E-state index in [0.29, 0.717) is 5.41 Å². The Morgan fingerprint density at radius 1 is 1.33 bits per heavy atom. The molecule has 0 heterocycles. The van der Waals surface area contributed by atoms with E-state index >= 15 is 0 Å². The highest BCUT2D eigenvalue weighted by molar-refractivity contribution is 5.11. The predicted molar refractivity (Wildman–Crippen MR) is 66.8 cm³/mol. The molecule has 2 aliphatic rings. The van der Waals surface area contributed by atoms with Gasteiger partial charge in [-0.25, -0.2) is 0 Å². The fourth-order valence-electron chi connectivity index (χ4n) is 4.15. The van der Waals surface area contributed by atoms with Gasteiger partial charge < -0.3 is 0 Å². The average molecular weight is 206 g/mol. The Labute approximate surface area is 95.1 Å². The predicted octanol–water partition coefficient (Wildman–Crippen LogP) is 4.81. The number of allylic oxidation sites excluding steroid dienone is 2. The van der Waals surface area contributed by atoms with E-state index in [4.69, 9.17) is 0 Å². The summed E-state index contributed by atoms with van der Waals surface area (Å²) in [5.74, 6) is 2.81. The molecule has 0 aliphatic heterocycles.